The van der Waals surface area contributed by atoms with Gasteiger partial charge in [-0.15, -0.1) is 0 Å². The molecule has 0 bridgehead atoms. The van der Waals surface area contributed by atoms with E-state index >= 15 is 0 Å². The van der Waals surface area contributed by atoms with Gasteiger partial charge in [-0.2, -0.15) is 0 Å². The van der Waals surface area contributed by atoms with Crippen molar-refractivity contribution in [1.29, 1.82) is 0 Å². The Morgan fingerprint density at radius 3 is 2.06 bits per heavy atom. The quantitative estimate of drug-likeness (QED) is 0.718. The number of carbonyl (C=O) groups is 2. The maximum absolute atomic E-state index is 11.7. The zero-order valence-electron chi connectivity index (χ0n) is 10.3. The largest absolute Gasteiger partial charge is 0.339 e. The molecule has 1 fully saturated rings. The highest BCUT2D eigenvalue weighted by Crippen LogP contribution is 2.02. The van der Waals surface area contributed by atoms with E-state index < -0.39 is 0 Å². The summed E-state index contributed by atoms with van der Waals surface area (Å²) in [4.78, 5) is 26.4. The molecule has 92 valence electrons. The summed E-state index contributed by atoms with van der Waals surface area (Å²) in [5.74, 6) is 0.212. The van der Waals surface area contributed by atoms with Crippen molar-refractivity contribution in [3.8, 4) is 0 Å². The smallest absolute Gasteiger partial charge is 0.236 e. The predicted octanol–water partition coefficient (Wildman–Crippen LogP) is -0.325. The van der Waals surface area contributed by atoms with E-state index in [-0.39, 0.29) is 11.8 Å². The van der Waals surface area contributed by atoms with Crippen LogP contribution in [0, 0.1) is 0 Å². The minimum Gasteiger partial charge on any atom is -0.339 e. The molecule has 0 aromatic carbocycles. The van der Waals surface area contributed by atoms with Crippen LogP contribution in [-0.2, 0) is 9.59 Å². The summed E-state index contributed by atoms with van der Waals surface area (Å²) in [6.45, 7) is 8.60. The molecule has 0 atom stereocenters. The van der Waals surface area contributed by atoms with Crippen molar-refractivity contribution in [2.45, 2.75) is 26.8 Å². The lowest BCUT2D eigenvalue weighted by Crippen LogP contribution is -2.52. The molecule has 1 rings (SSSR count). The van der Waals surface area contributed by atoms with Crippen LogP contribution in [0.25, 0.3) is 0 Å². The number of rotatable bonds is 3. The van der Waals surface area contributed by atoms with Crippen LogP contribution in [-0.4, -0.2) is 60.4 Å². The Morgan fingerprint density at radius 1 is 1.12 bits per heavy atom. The average Bonchev–Trinajstić information content (AvgIpc) is 2.26. The van der Waals surface area contributed by atoms with Crippen LogP contribution in [0.2, 0.25) is 0 Å². The minimum absolute atomic E-state index is 0.0902. The number of carbonyl (C=O) groups excluding carboxylic acids is 2. The zero-order valence-corrected chi connectivity index (χ0v) is 10.3. The molecule has 1 N–H and O–H groups in total. The maximum atomic E-state index is 11.7. The number of hydrogen-bond acceptors (Lipinski definition) is 3. The molecule has 0 unspecified atom stereocenters. The van der Waals surface area contributed by atoms with Crippen LogP contribution in [0.5, 0.6) is 0 Å². The van der Waals surface area contributed by atoms with Crippen molar-refractivity contribution >= 4 is 11.8 Å². The lowest BCUT2D eigenvalue weighted by atomic mass is 10.3. The van der Waals surface area contributed by atoms with Gasteiger partial charge in [-0.25, -0.2) is 0 Å². The maximum Gasteiger partial charge on any atom is 0.236 e. The van der Waals surface area contributed by atoms with Crippen molar-refractivity contribution in [2.75, 3.05) is 32.7 Å². The monoisotopic (exact) mass is 227 g/mol. The molecule has 16 heavy (non-hydrogen) atoms. The molecule has 0 saturated carbocycles. The molecule has 0 radical (unpaired) electrons. The Balaban J connectivity index is 2.30. The third-order valence-corrected chi connectivity index (χ3v) is 2.74. The van der Waals surface area contributed by atoms with Crippen molar-refractivity contribution < 1.29 is 9.59 Å². The number of amides is 2. The van der Waals surface area contributed by atoms with Crippen molar-refractivity contribution in [1.82, 2.24) is 15.1 Å². The Kier molecular flexibility index (Phi) is 4.73. The first-order valence-corrected chi connectivity index (χ1v) is 5.77. The molecule has 1 aliphatic heterocycles. The summed E-state index contributed by atoms with van der Waals surface area (Å²) < 4.78 is 0. The van der Waals surface area contributed by atoms with Gasteiger partial charge >= 0.3 is 0 Å². The van der Waals surface area contributed by atoms with E-state index in [4.69, 9.17) is 0 Å². The molecule has 5 heteroatoms. The fraction of sp³-hybridized carbons (Fsp3) is 0.818. The van der Waals surface area contributed by atoms with Crippen LogP contribution < -0.4 is 5.32 Å². The standard InChI is InChI=1S/C11H21N3O2/c1-9(2)12-8-11(16)14-6-4-13(5-7-14)10(3)15/h9,12H,4-8H2,1-3H3. The second kappa shape index (κ2) is 5.84. The summed E-state index contributed by atoms with van der Waals surface area (Å²) in [5, 5.41) is 3.10. The third-order valence-electron chi connectivity index (χ3n) is 2.74. The van der Waals surface area contributed by atoms with Crippen molar-refractivity contribution in [2.24, 2.45) is 0 Å². The van der Waals surface area contributed by atoms with Gasteiger partial charge in [0, 0.05) is 39.1 Å². The summed E-state index contributed by atoms with van der Waals surface area (Å²) in [6, 6.07) is 0.322. The molecule has 2 amide bonds. The SMILES string of the molecule is CC(=O)N1CCN(C(=O)CNC(C)C)CC1. The Bertz CT molecular complexity index is 258. The van der Waals surface area contributed by atoms with E-state index in [1.54, 1.807) is 11.8 Å². The normalized spacial score (nSPS) is 16.8. The Morgan fingerprint density at radius 2 is 1.62 bits per heavy atom. The predicted molar refractivity (Wildman–Crippen MR) is 62.0 cm³/mol. The molecule has 1 saturated heterocycles. The molecule has 1 aliphatic rings. The Labute approximate surface area is 96.8 Å². The number of piperazine rings is 1. The fourth-order valence-corrected chi connectivity index (χ4v) is 1.67. The van der Waals surface area contributed by atoms with Gasteiger partial charge in [-0.3, -0.25) is 9.59 Å². The van der Waals surface area contributed by atoms with Crippen molar-refractivity contribution in [3.63, 3.8) is 0 Å². The first kappa shape index (κ1) is 13.0. The molecule has 0 aromatic heterocycles. The first-order valence-electron chi connectivity index (χ1n) is 5.77. The van der Waals surface area contributed by atoms with E-state index in [1.807, 2.05) is 18.7 Å². The average molecular weight is 227 g/mol. The molecule has 0 aliphatic carbocycles. The fourth-order valence-electron chi connectivity index (χ4n) is 1.67. The van der Waals surface area contributed by atoms with Gasteiger partial charge in [-0.1, -0.05) is 13.8 Å². The summed E-state index contributed by atoms with van der Waals surface area (Å²) in [5.41, 5.74) is 0. The van der Waals surface area contributed by atoms with Crippen LogP contribution in [0.15, 0.2) is 0 Å². The molecule has 0 aromatic rings. The van der Waals surface area contributed by atoms with Gasteiger partial charge in [0.15, 0.2) is 0 Å². The van der Waals surface area contributed by atoms with Crippen LogP contribution in [0.3, 0.4) is 0 Å². The van der Waals surface area contributed by atoms with Crippen molar-refractivity contribution in [3.05, 3.63) is 0 Å². The van der Waals surface area contributed by atoms with E-state index in [1.165, 1.54) is 0 Å². The highest BCUT2D eigenvalue weighted by atomic mass is 16.2. The van der Waals surface area contributed by atoms with Gasteiger partial charge in [0.25, 0.3) is 0 Å². The van der Waals surface area contributed by atoms with E-state index in [0.717, 1.165) is 0 Å². The highest BCUT2D eigenvalue weighted by Gasteiger charge is 2.21. The highest BCUT2D eigenvalue weighted by molar-refractivity contribution is 5.79. The molecular formula is C11H21N3O2. The summed E-state index contributed by atoms with van der Waals surface area (Å²) in [7, 11) is 0. The molecule has 1 heterocycles. The van der Waals surface area contributed by atoms with Gasteiger partial charge in [0.1, 0.15) is 0 Å². The number of hydrogen-bond donors (Lipinski definition) is 1. The van der Waals surface area contributed by atoms with Gasteiger partial charge in [0.05, 0.1) is 6.54 Å². The van der Waals surface area contributed by atoms with Crippen LogP contribution in [0.4, 0.5) is 0 Å². The van der Waals surface area contributed by atoms with Crippen LogP contribution >= 0.6 is 0 Å². The van der Waals surface area contributed by atoms with E-state index in [2.05, 4.69) is 5.32 Å². The minimum atomic E-state index is 0.0902. The summed E-state index contributed by atoms with van der Waals surface area (Å²) in [6.07, 6.45) is 0. The van der Waals surface area contributed by atoms with Gasteiger partial charge in [-0.05, 0) is 0 Å². The lowest BCUT2D eigenvalue weighted by Gasteiger charge is -2.34. The van der Waals surface area contributed by atoms with Gasteiger partial charge < -0.3 is 15.1 Å². The topological polar surface area (TPSA) is 52.7 Å². The molecule has 0 spiro atoms. The van der Waals surface area contributed by atoms with Crippen LogP contribution in [0.1, 0.15) is 20.8 Å². The zero-order chi connectivity index (χ0) is 12.1. The molecule has 5 nitrogen and oxygen atoms in total. The Hall–Kier alpha value is -1.10. The first-order chi connectivity index (χ1) is 7.50. The summed E-state index contributed by atoms with van der Waals surface area (Å²) >= 11 is 0. The number of nitrogens with zero attached hydrogens (tertiary/aromatic N) is 2. The third kappa shape index (κ3) is 3.81. The van der Waals surface area contributed by atoms with Gasteiger partial charge in [0.2, 0.25) is 11.8 Å². The second-order valence-corrected chi connectivity index (χ2v) is 4.42. The number of nitrogens with one attached hydrogen (secondary N) is 1. The second-order valence-electron chi connectivity index (χ2n) is 4.42. The van der Waals surface area contributed by atoms with E-state index in [9.17, 15) is 9.59 Å². The molecular weight excluding hydrogens is 206 g/mol. The van der Waals surface area contributed by atoms with E-state index in [0.29, 0.717) is 38.8 Å². The lowest BCUT2D eigenvalue weighted by molar-refractivity contribution is -0.137.